The largest absolute Gasteiger partial charge is 0.433 e. The molecule has 0 aliphatic carbocycles. The molecule has 6 nitrogen and oxygen atoms in total. The van der Waals surface area contributed by atoms with Crippen LogP contribution in [0, 0.1) is 0 Å². The third-order valence-electron chi connectivity index (χ3n) is 2.79. The Morgan fingerprint density at radius 2 is 1.80 bits per heavy atom. The van der Waals surface area contributed by atoms with Crippen molar-refractivity contribution in [2.45, 2.75) is 18.4 Å². The van der Waals surface area contributed by atoms with Gasteiger partial charge in [0.15, 0.2) is 0 Å². The zero-order chi connectivity index (χ0) is 18.6. The fourth-order valence-corrected chi connectivity index (χ4v) is 3.05. The molecular weight excluding hydrogens is 380 g/mol. The van der Waals surface area contributed by atoms with Crippen LogP contribution in [0.2, 0.25) is 5.02 Å². The minimum atomic E-state index is -4.23. The van der Waals surface area contributed by atoms with Crippen LogP contribution in [-0.4, -0.2) is 20.9 Å². The molecule has 2 rings (SSSR count). The molecular formula is C15H12ClF2NO5S. The van der Waals surface area contributed by atoms with E-state index >= 15 is 0 Å². The molecule has 2 aromatic carbocycles. The van der Waals surface area contributed by atoms with Crippen LogP contribution in [0.4, 0.5) is 14.5 Å². The molecule has 0 aromatic heterocycles. The molecule has 0 fully saturated rings. The Balaban J connectivity index is 2.18. The maximum Gasteiger partial charge on any atom is 0.387 e. The summed E-state index contributed by atoms with van der Waals surface area (Å²) < 4.78 is 57.9. The Morgan fingerprint density at radius 3 is 2.32 bits per heavy atom. The summed E-state index contributed by atoms with van der Waals surface area (Å²) in [7, 11) is -4.23. The van der Waals surface area contributed by atoms with Crippen LogP contribution in [0.1, 0.15) is 6.92 Å². The van der Waals surface area contributed by atoms with Gasteiger partial charge in [-0.3, -0.25) is 4.79 Å². The van der Waals surface area contributed by atoms with E-state index in [4.69, 9.17) is 15.8 Å². The highest BCUT2D eigenvalue weighted by molar-refractivity contribution is 7.87. The lowest BCUT2D eigenvalue weighted by Gasteiger charge is -2.10. The fraction of sp³-hybridized carbons (Fsp3) is 0.133. The number of benzene rings is 2. The van der Waals surface area contributed by atoms with E-state index in [0.717, 1.165) is 18.2 Å². The predicted octanol–water partition coefficient (Wildman–Crippen LogP) is 3.67. The number of anilines is 1. The van der Waals surface area contributed by atoms with Crippen LogP contribution in [0.15, 0.2) is 47.4 Å². The van der Waals surface area contributed by atoms with Crippen LogP contribution in [0.3, 0.4) is 0 Å². The fourth-order valence-electron chi connectivity index (χ4n) is 1.80. The van der Waals surface area contributed by atoms with Crippen molar-refractivity contribution in [3.8, 4) is 11.5 Å². The first-order chi connectivity index (χ1) is 11.7. The van der Waals surface area contributed by atoms with Crippen molar-refractivity contribution in [1.82, 2.24) is 0 Å². The summed E-state index contributed by atoms with van der Waals surface area (Å²) in [5.41, 5.74) is 0.466. The summed E-state index contributed by atoms with van der Waals surface area (Å²) in [5.74, 6) is -0.629. The molecule has 1 N–H and O–H groups in total. The Bertz CT molecular complexity index is 872. The molecule has 0 spiro atoms. The van der Waals surface area contributed by atoms with E-state index in [9.17, 15) is 22.0 Å². The number of carbonyl (C=O) groups is 1. The van der Waals surface area contributed by atoms with Gasteiger partial charge in [0.05, 0.1) is 5.02 Å². The van der Waals surface area contributed by atoms with Crippen LogP contribution >= 0.6 is 11.6 Å². The quantitative estimate of drug-likeness (QED) is 0.760. The Labute approximate surface area is 147 Å². The number of amides is 1. The van der Waals surface area contributed by atoms with Gasteiger partial charge in [0.2, 0.25) is 5.91 Å². The molecule has 0 aliphatic rings. The van der Waals surface area contributed by atoms with Crippen molar-refractivity contribution in [3.05, 3.63) is 47.5 Å². The Hall–Kier alpha value is -2.39. The van der Waals surface area contributed by atoms with E-state index < -0.39 is 16.7 Å². The summed E-state index contributed by atoms with van der Waals surface area (Å²) in [5, 5.41) is 2.22. The number of hydrogen-bond acceptors (Lipinski definition) is 5. The molecule has 2 aromatic rings. The molecule has 0 aliphatic heterocycles. The first-order valence-corrected chi connectivity index (χ1v) is 8.52. The zero-order valence-electron chi connectivity index (χ0n) is 12.7. The number of carbonyl (C=O) groups excluding carboxylic acids is 1. The highest BCUT2D eigenvalue weighted by atomic mass is 35.5. The maximum atomic E-state index is 12.2. The zero-order valence-corrected chi connectivity index (χ0v) is 14.3. The van der Waals surface area contributed by atoms with Gasteiger partial charge in [-0.1, -0.05) is 11.6 Å². The molecule has 0 heterocycles. The summed E-state index contributed by atoms with van der Waals surface area (Å²) >= 11 is 5.73. The topological polar surface area (TPSA) is 81.7 Å². The van der Waals surface area contributed by atoms with Gasteiger partial charge in [-0.2, -0.15) is 17.2 Å². The average molecular weight is 392 g/mol. The summed E-state index contributed by atoms with van der Waals surface area (Å²) in [6.45, 7) is -1.75. The number of halogens is 3. The smallest absolute Gasteiger partial charge is 0.387 e. The van der Waals surface area contributed by atoms with Crippen LogP contribution in [0.25, 0.3) is 0 Å². The number of alkyl halides is 2. The summed E-state index contributed by atoms with van der Waals surface area (Å²) in [6.07, 6.45) is 0. The normalized spacial score (nSPS) is 11.2. The summed E-state index contributed by atoms with van der Waals surface area (Å²) in [6, 6.07) is 8.59. The lowest BCUT2D eigenvalue weighted by atomic mass is 10.3. The number of nitrogens with one attached hydrogen (secondary N) is 1. The Kier molecular flexibility index (Phi) is 5.81. The molecule has 10 heteroatoms. The van der Waals surface area contributed by atoms with E-state index in [1.54, 1.807) is 0 Å². The van der Waals surface area contributed by atoms with E-state index in [1.165, 1.54) is 31.2 Å². The Morgan fingerprint density at radius 1 is 1.16 bits per heavy atom. The van der Waals surface area contributed by atoms with Gasteiger partial charge in [-0.15, -0.1) is 0 Å². The third-order valence-corrected chi connectivity index (χ3v) is 4.33. The van der Waals surface area contributed by atoms with Gasteiger partial charge in [-0.25, -0.2) is 0 Å². The highest BCUT2D eigenvalue weighted by Crippen LogP contribution is 2.30. The minimum Gasteiger partial charge on any atom is -0.433 e. The van der Waals surface area contributed by atoms with E-state index in [0.29, 0.717) is 5.69 Å². The van der Waals surface area contributed by atoms with Gasteiger partial charge in [0.1, 0.15) is 16.4 Å². The molecule has 0 radical (unpaired) electrons. The van der Waals surface area contributed by atoms with Gasteiger partial charge in [0, 0.05) is 12.6 Å². The molecule has 0 saturated carbocycles. The molecule has 1 amide bonds. The highest BCUT2D eigenvalue weighted by Gasteiger charge is 2.19. The van der Waals surface area contributed by atoms with Crippen molar-refractivity contribution in [2.75, 3.05) is 5.32 Å². The van der Waals surface area contributed by atoms with Crippen molar-refractivity contribution < 1.29 is 30.9 Å². The maximum absolute atomic E-state index is 12.2. The standard InChI is InChI=1S/C15H12ClF2NO5S/c1-9(20)19-10-2-4-11(5-3-10)24-25(21,22)12-6-7-14(13(16)8-12)23-15(17)18/h2-8,15H,1H3,(H,19,20). The SMILES string of the molecule is CC(=O)Nc1ccc(OS(=O)(=O)c2ccc(OC(F)F)c(Cl)c2)cc1. The van der Waals surface area contributed by atoms with Crippen LogP contribution < -0.4 is 14.2 Å². The van der Waals surface area contributed by atoms with Crippen molar-refractivity contribution >= 4 is 33.3 Å². The first kappa shape index (κ1) is 18.9. The van der Waals surface area contributed by atoms with E-state index in [-0.39, 0.29) is 27.3 Å². The predicted molar refractivity (Wildman–Crippen MR) is 86.6 cm³/mol. The van der Waals surface area contributed by atoms with Gasteiger partial charge in [-0.05, 0) is 42.5 Å². The van der Waals surface area contributed by atoms with Crippen molar-refractivity contribution in [1.29, 1.82) is 0 Å². The molecule has 0 atom stereocenters. The molecule has 134 valence electrons. The van der Waals surface area contributed by atoms with Gasteiger partial charge >= 0.3 is 16.7 Å². The third kappa shape index (κ3) is 5.30. The van der Waals surface area contributed by atoms with Crippen LogP contribution in [-0.2, 0) is 14.9 Å². The van der Waals surface area contributed by atoms with Gasteiger partial charge in [0.25, 0.3) is 0 Å². The summed E-state index contributed by atoms with van der Waals surface area (Å²) in [4.78, 5) is 10.6. The second-order valence-electron chi connectivity index (χ2n) is 4.71. The molecule has 0 saturated heterocycles. The van der Waals surface area contributed by atoms with E-state index in [1.807, 2.05) is 0 Å². The van der Waals surface area contributed by atoms with Crippen LogP contribution in [0.5, 0.6) is 11.5 Å². The van der Waals surface area contributed by atoms with Gasteiger partial charge < -0.3 is 14.2 Å². The molecule has 0 bridgehead atoms. The number of rotatable bonds is 6. The van der Waals surface area contributed by atoms with Crippen molar-refractivity contribution in [2.24, 2.45) is 0 Å². The second-order valence-corrected chi connectivity index (χ2v) is 6.67. The lowest BCUT2D eigenvalue weighted by molar-refractivity contribution is -0.114. The number of ether oxygens (including phenoxy) is 1. The van der Waals surface area contributed by atoms with Crippen molar-refractivity contribution in [3.63, 3.8) is 0 Å². The van der Waals surface area contributed by atoms with E-state index in [2.05, 4.69) is 10.1 Å². The second kappa shape index (κ2) is 7.66. The average Bonchev–Trinajstić information content (AvgIpc) is 2.50. The molecule has 0 unspecified atom stereocenters. The molecule has 25 heavy (non-hydrogen) atoms. The minimum absolute atomic E-state index is 0.00173. The lowest BCUT2D eigenvalue weighted by Crippen LogP contribution is -2.10. The monoisotopic (exact) mass is 391 g/mol. The first-order valence-electron chi connectivity index (χ1n) is 6.74. The number of hydrogen-bond donors (Lipinski definition) is 1.